The minimum absolute atomic E-state index is 0.0528. The van der Waals surface area contributed by atoms with Crippen LogP contribution in [0.5, 0.6) is 5.75 Å². The maximum Gasteiger partial charge on any atom is 0.258 e. The molecule has 0 spiro atoms. The number of rotatable bonds is 6. The second kappa shape index (κ2) is 7.46. The molecule has 0 heterocycles. The summed E-state index contributed by atoms with van der Waals surface area (Å²) in [6.07, 6.45) is 4.26. The third-order valence-electron chi connectivity index (χ3n) is 4.19. The third-order valence-corrected chi connectivity index (χ3v) is 4.19. The number of benzene rings is 1. The Morgan fingerprint density at radius 2 is 2.29 bits per heavy atom. The van der Waals surface area contributed by atoms with Crippen LogP contribution in [0.15, 0.2) is 18.2 Å². The van der Waals surface area contributed by atoms with Crippen LogP contribution in [0, 0.1) is 0 Å². The van der Waals surface area contributed by atoms with Gasteiger partial charge in [0.2, 0.25) is 0 Å². The first-order valence-corrected chi connectivity index (χ1v) is 7.87. The van der Waals surface area contributed by atoms with Crippen LogP contribution >= 0.6 is 0 Å². The van der Waals surface area contributed by atoms with Gasteiger partial charge in [-0.3, -0.25) is 4.79 Å². The van der Waals surface area contributed by atoms with Gasteiger partial charge in [0.15, 0.2) is 6.61 Å². The molecule has 4 nitrogen and oxygen atoms in total. The van der Waals surface area contributed by atoms with Crippen LogP contribution < -0.4 is 15.4 Å². The number of hydrogen-bond acceptors (Lipinski definition) is 3. The lowest BCUT2D eigenvalue weighted by Crippen LogP contribution is -2.35. The summed E-state index contributed by atoms with van der Waals surface area (Å²) in [6.45, 7) is 4.14. The van der Waals surface area contributed by atoms with Crippen LogP contribution in [0.2, 0.25) is 0 Å². The summed E-state index contributed by atoms with van der Waals surface area (Å²) in [5.41, 5.74) is 2.56. The Kier molecular flexibility index (Phi) is 5.62. The van der Waals surface area contributed by atoms with E-state index in [4.69, 9.17) is 4.74 Å². The van der Waals surface area contributed by atoms with Gasteiger partial charge in [0.1, 0.15) is 5.75 Å². The molecule has 0 saturated carbocycles. The molecule has 0 radical (unpaired) electrons. The molecule has 1 aliphatic rings. The lowest BCUT2D eigenvalue weighted by atomic mass is 9.87. The summed E-state index contributed by atoms with van der Waals surface area (Å²) in [7, 11) is 1.99. The lowest BCUT2D eigenvalue weighted by molar-refractivity contribution is -0.123. The fraction of sp³-hybridized carbons (Fsp3) is 0.588. The van der Waals surface area contributed by atoms with Crippen molar-refractivity contribution in [3.8, 4) is 5.75 Å². The van der Waals surface area contributed by atoms with Crippen LogP contribution in [0.1, 0.15) is 50.3 Å². The Hall–Kier alpha value is -1.55. The average molecular weight is 290 g/mol. The number of carbonyl (C=O) groups is 1. The van der Waals surface area contributed by atoms with Gasteiger partial charge in [-0.1, -0.05) is 19.1 Å². The van der Waals surface area contributed by atoms with E-state index < -0.39 is 0 Å². The van der Waals surface area contributed by atoms with E-state index >= 15 is 0 Å². The smallest absolute Gasteiger partial charge is 0.258 e. The topological polar surface area (TPSA) is 50.4 Å². The molecule has 0 aliphatic heterocycles. The molecule has 4 heteroatoms. The fourth-order valence-corrected chi connectivity index (χ4v) is 2.81. The summed E-state index contributed by atoms with van der Waals surface area (Å²) in [4.78, 5) is 11.8. The van der Waals surface area contributed by atoms with E-state index in [1.165, 1.54) is 11.1 Å². The monoisotopic (exact) mass is 290 g/mol. The van der Waals surface area contributed by atoms with Gasteiger partial charge in [0.05, 0.1) is 0 Å². The van der Waals surface area contributed by atoms with Gasteiger partial charge in [-0.25, -0.2) is 0 Å². The first-order chi connectivity index (χ1) is 10.2. The van der Waals surface area contributed by atoms with E-state index in [0.29, 0.717) is 6.04 Å². The van der Waals surface area contributed by atoms with E-state index in [2.05, 4.69) is 23.6 Å². The maximum atomic E-state index is 11.8. The average Bonchev–Trinajstić information content (AvgIpc) is 2.52. The Morgan fingerprint density at radius 3 is 3.00 bits per heavy atom. The van der Waals surface area contributed by atoms with Crippen molar-refractivity contribution in [2.45, 2.75) is 51.6 Å². The van der Waals surface area contributed by atoms with Crippen molar-refractivity contribution < 1.29 is 9.53 Å². The molecule has 2 unspecified atom stereocenters. The zero-order valence-corrected chi connectivity index (χ0v) is 13.2. The summed E-state index contributed by atoms with van der Waals surface area (Å²) in [5.74, 6) is 0.801. The molecule has 21 heavy (non-hydrogen) atoms. The molecule has 116 valence electrons. The van der Waals surface area contributed by atoms with Gasteiger partial charge >= 0.3 is 0 Å². The molecular weight excluding hydrogens is 264 g/mol. The van der Waals surface area contributed by atoms with Crippen LogP contribution in [0.25, 0.3) is 0 Å². The van der Waals surface area contributed by atoms with Crippen molar-refractivity contribution >= 4 is 5.91 Å². The number of amides is 1. The van der Waals surface area contributed by atoms with Gasteiger partial charge in [0.25, 0.3) is 5.91 Å². The Balaban J connectivity index is 2.03. The van der Waals surface area contributed by atoms with E-state index in [9.17, 15) is 4.79 Å². The van der Waals surface area contributed by atoms with E-state index in [0.717, 1.165) is 31.4 Å². The van der Waals surface area contributed by atoms with Crippen LogP contribution in [0.4, 0.5) is 0 Å². The summed E-state index contributed by atoms with van der Waals surface area (Å²) >= 11 is 0. The zero-order valence-electron chi connectivity index (χ0n) is 13.2. The van der Waals surface area contributed by atoms with Crippen molar-refractivity contribution in [1.82, 2.24) is 10.6 Å². The number of ether oxygens (including phenoxy) is 1. The second-order valence-corrected chi connectivity index (χ2v) is 5.72. The first kappa shape index (κ1) is 15.8. The van der Waals surface area contributed by atoms with Gasteiger partial charge < -0.3 is 15.4 Å². The molecule has 1 aromatic carbocycles. The van der Waals surface area contributed by atoms with Crippen molar-refractivity contribution in [2.24, 2.45) is 0 Å². The van der Waals surface area contributed by atoms with Gasteiger partial charge in [-0.05, 0) is 56.8 Å². The number of hydrogen-bond donors (Lipinski definition) is 2. The summed E-state index contributed by atoms with van der Waals surface area (Å²) < 4.78 is 5.76. The molecule has 2 N–H and O–H groups in total. The molecule has 0 saturated heterocycles. The van der Waals surface area contributed by atoms with Gasteiger partial charge in [-0.15, -0.1) is 0 Å². The van der Waals surface area contributed by atoms with E-state index in [1.807, 2.05) is 26.1 Å². The zero-order chi connectivity index (χ0) is 15.2. The number of carbonyl (C=O) groups excluding carboxylic acids is 1. The van der Waals surface area contributed by atoms with Crippen molar-refractivity contribution in [3.05, 3.63) is 29.3 Å². The molecule has 1 amide bonds. The molecule has 1 aliphatic carbocycles. The highest BCUT2D eigenvalue weighted by atomic mass is 16.5. The van der Waals surface area contributed by atoms with Crippen molar-refractivity contribution in [1.29, 1.82) is 0 Å². The molecule has 1 aromatic rings. The SMILES string of the molecule is CCC(C)NC(=O)COc1cccc2c1CCCC2NC. The third kappa shape index (κ3) is 3.97. The summed E-state index contributed by atoms with van der Waals surface area (Å²) in [5, 5.41) is 6.27. The predicted molar refractivity (Wildman–Crippen MR) is 84.6 cm³/mol. The maximum absolute atomic E-state index is 11.8. The van der Waals surface area contributed by atoms with Gasteiger partial charge in [-0.2, -0.15) is 0 Å². The Bertz CT molecular complexity index is 488. The van der Waals surface area contributed by atoms with E-state index in [1.54, 1.807) is 0 Å². The predicted octanol–water partition coefficient (Wildman–Crippen LogP) is 2.58. The first-order valence-electron chi connectivity index (χ1n) is 7.87. The highest BCUT2D eigenvalue weighted by Gasteiger charge is 2.21. The van der Waals surface area contributed by atoms with Gasteiger partial charge in [0, 0.05) is 12.1 Å². The minimum Gasteiger partial charge on any atom is -0.483 e. The Labute approximate surface area is 127 Å². The standard InChI is InChI=1S/C17H26N2O2/c1-4-12(2)19-17(20)11-21-16-10-6-7-13-14(16)8-5-9-15(13)18-3/h6-7,10,12,15,18H,4-5,8-9,11H2,1-3H3,(H,19,20). The van der Waals surface area contributed by atoms with Crippen molar-refractivity contribution in [2.75, 3.05) is 13.7 Å². The largest absolute Gasteiger partial charge is 0.483 e. The fourth-order valence-electron chi connectivity index (χ4n) is 2.81. The quantitative estimate of drug-likeness (QED) is 0.846. The van der Waals surface area contributed by atoms with Crippen LogP contribution in [0.3, 0.4) is 0 Å². The van der Waals surface area contributed by atoms with Crippen molar-refractivity contribution in [3.63, 3.8) is 0 Å². The minimum atomic E-state index is -0.0528. The molecule has 2 rings (SSSR count). The highest BCUT2D eigenvalue weighted by molar-refractivity contribution is 5.77. The second-order valence-electron chi connectivity index (χ2n) is 5.72. The van der Waals surface area contributed by atoms with Crippen LogP contribution in [-0.4, -0.2) is 25.6 Å². The Morgan fingerprint density at radius 1 is 1.48 bits per heavy atom. The summed E-state index contributed by atoms with van der Waals surface area (Å²) in [6, 6.07) is 6.72. The number of fused-ring (bicyclic) bond motifs is 1. The molecular formula is C17H26N2O2. The lowest BCUT2D eigenvalue weighted by Gasteiger charge is -2.26. The van der Waals surface area contributed by atoms with Crippen LogP contribution in [-0.2, 0) is 11.2 Å². The molecule has 0 aromatic heterocycles. The highest BCUT2D eigenvalue weighted by Crippen LogP contribution is 2.35. The normalized spacial score (nSPS) is 18.7. The van der Waals surface area contributed by atoms with E-state index in [-0.39, 0.29) is 18.6 Å². The number of nitrogens with one attached hydrogen (secondary N) is 2. The molecule has 0 bridgehead atoms. The molecule has 2 atom stereocenters. The molecule has 0 fully saturated rings.